The number of halogens is 1. The van der Waals surface area contributed by atoms with Crippen LogP contribution in [0.3, 0.4) is 0 Å². The molecule has 0 aliphatic rings. The minimum atomic E-state index is -0.483. The van der Waals surface area contributed by atoms with E-state index in [1.54, 1.807) is 25.3 Å². The number of rotatable bonds is 8. The number of methoxy groups -OCH3 is 1. The quantitative estimate of drug-likeness (QED) is 0.268. The molecule has 0 N–H and O–H groups in total. The molecule has 0 radical (unpaired) electrons. The van der Waals surface area contributed by atoms with Crippen LogP contribution in [0, 0.1) is 15.9 Å². The lowest BCUT2D eigenvalue weighted by Gasteiger charge is -2.20. The summed E-state index contributed by atoms with van der Waals surface area (Å²) < 4.78 is 18.7. The molecule has 0 bridgehead atoms. The minimum absolute atomic E-state index is 0.0251. The van der Waals surface area contributed by atoms with Crippen molar-refractivity contribution in [3.8, 4) is 5.75 Å². The van der Waals surface area contributed by atoms with Crippen LogP contribution >= 0.6 is 0 Å². The van der Waals surface area contributed by atoms with E-state index in [0.717, 1.165) is 5.56 Å². The van der Waals surface area contributed by atoms with Gasteiger partial charge in [0.1, 0.15) is 11.6 Å². The summed E-state index contributed by atoms with van der Waals surface area (Å²) in [4.78, 5) is 24.7. The molecule has 0 spiro atoms. The van der Waals surface area contributed by atoms with Crippen LogP contribution in [0.2, 0.25) is 0 Å². The monoisotopic (exact) mass is 432 g/mol. The molecule has 162 valence electrons. The van der Waals surface area contributed by atoms with E-state index in [2.05, 4.69) is 0 Å². The Bertz CT molecular complexity index is 1140. The second-order valence-electron chi connectivity index (χ2n) is 6.75. The highest BCUT2D eigenvalue weighted by molar-refractivity contribution is 6.04. The Morgan fingerprint density at radius 2 is 1.72 bits per heavy atom. The van der Waals surface area contributed by atoms with Gasteiger partial charge in [-0.3, -0.25) is 14.9 Å². The number of ether oxygens (including phenoxy) is 1. The average Bonchev–Trinajstić information content (AvgIpc) is 2.81. The Morgan fingerprint density at radius 3 is 2.38 bits per heavy atom. The van der Waals surface area contributed by atoms with Crippen LogP contribution < -0.4 is 9.64 Å². The van der Waals surface area contributed by atoms with Crippen LogP contribution in [0.15, 0.2) is 84.9 Å². The summed E-state index contributed by atoms with van der Waals surface area (Å²) in [7, 11) is 1.59. The number of para-hydroxylation sites is 1. The molecule has 7 heteroatoms. The Balaban J connectivity index is 1.80. The second kappa shape index (κ2) is 10.7. The maximum absolute atomic E-state index is 13.4. The first-order valence-electron chi connectivity index (χ1n) is 9.77. The zero-order chi connectivity index (χ0) is 22.9. The summed E-state index contributed by atoms with van der Waals surface area (Å²) in [6.07, 6.45) is 6.62. The average molecular weight is 432 g/mol. The maximum atomic E-state index is 13.4. The number of hydrogen-bond donors (Lipinski definition) is 0. The van der Waals surface area contributed by atoms with E-state index in [0.29, 0.717) is 17.0 Å². The highest BCUT2D eigenvalue weighted by Crippen LogP contribution is 2.20. The third-order valence-electron chi connectivity index (χ3n) is 4.65. The Kier molecular flexibility index (Phi) is 7.48. The first-order valence-corrected chi connectivity index (χ1v) is 9.77. The van der Waals surface area contributed by atoms with Gasteiger partial charge >= 0.3 is 0 Å². The van der Waals surface area contributed by atoms with E-state index < -0.39 is 10.7 Å². The number of anilines is 1. The number of amides is 1. The fourth-order valence-electron chi connectivity index (χ4n) is 3.00. The van der Waals surface area contributed by atoms with Gasteiger partial charge in [0.15, 0.2) is 0 Å². The van der Waals surface area contributed by atoms with Crippen molar-refractivity contribution in [1.29, 1.82) is 0 Å². The molecule has 0 unspecified atom stereocenters. The molecule has 0 aromatic heterocycles. The molecule has 3 aromatic carbocycles. The summed E-state index contributed by atoms with van der Waals surface area (Å²) in [5.74, 6) is -0.00625. The second-order valence-corrected chi connectivity index (χ2v) is 6.75. The molecule has 1 amide bonds. The molecule has 0 heterocycles. The molecule has 6 nitrogen and oxygen atoms in total. The largest absolute Gasteiger partial charge is 0.496 e. The van der Waals surface area contributed by atoms with Crippen molar-refractivity contribution >= 4 is 29.4 Å². The molecule has 32 heavy (non-hydrogen) atoms. The molecular formula is C25H21FN2O4. The van der Waals surface area contributed by atoms with Gasteiger partial charge in [-0.1, -0.05) is 30.4 Å². The standard InChI is InChI=1S/C25H21FN2O4/c1-32-24-7-3-2-5-20(24)6-4-18-27(22-15-11-21(26)12-16-22)25(29)17-10-19-8-13-23(14-9-19)28(30)31/h2-17H,18H2,1H3/b6-4+,17-10+. The number of nitrogens with zero attached hydrogens (tertiary/aromatic N) is 2. The van der Waals surface area contributed by atoms with Crippen molar-refractivity contribution < 1.29 is 18.8 Å². The first-order chi connectivity index (χ1) is 15.5. The number of nitro groups is 1. The van der Waals surface area contributed by atoms with E-state index in [1.807, 2.05) is 36.4 Å². The van der Waals surface area contributed by atoms with Gasteiger partial charge in [-0.2, -0.15) is 0 Å². The molecule has 0 saturated heterocycles. The van der Waals surface area contributed by atoms with Gasteiger partial charge in [-0.05, 0) is 54.1 Å². The zero-order valence-corrected chi connectivity index (χ0v) is 17.4. The Hall–Kier alpha value is -4.26. The highest BCUT2D eigenvalue weighted by atomic mass is 19.1. The number of benzene rings is 3. The number of hydrogen-bond acceptors (Lipinski definition) is 4. The van der Waals surface area contributed by atoms with Crippen LogP contribution in [0.25, 0.3) is 12.2 Å². The van der Waals surface area contributed by atoms with E-state index >= 15 is 0 Å². The van der Waals surface area contributed by atoms with Crippen LogP contribution in [-0.2, 0) is 4.79 Å². The lowest BCUT2D eigenvalue weighted by atomic mass is 10.1. The molecule has 3 rings (SSSR count). The van der Waals surface area contributed by atoms with Crippen LogP contribution in [-0.4, -0.2) is 24.5 Å². The van der Waals surface area contributed by atoms with Crippen molar-refractivity contribution in [2.45, 2.75) is 0 Å². The number of carbonyl (C=O) groups is 1. The van der Waals surface area contributed by atoms with Crippen LogP contribution in [0.4, 0.5) is 15.8 Å². The van der Waals surface area contributed by atoms with Crippen LogP contribution in [0.1, 0.15) is 11.1 Å². The van der Waals surface area contributed by atoms with Gasteiger partial charge in [0.25, 0.3) is 11.6 Å². The van der Waals surface area contributed by atoms with Gasteiger partial charge in [-0.25, -0.2) is 4.39 Å². The van der Waals surface area contributed by atoms with Crippen LogP contribution in [0.5, 0.6) is 5.75 Å². The number of non-ortho nitro benzene ring substituents is 1. The van der Waals surface area contributed by atoms with Gasteiger partial charge in [0.2, 0.25) is 0 Å². The summed E-state index contributed by atoms with van der Waals surface area (Å²) in [6, 6.07) is 19.0. The number of nitro benzene ring substituents is 1. The number of carbonyl (C=O) groups excluding carboxylic acids is 1. The molecule has 0 fully saturated rings. The predicted octanol–water partition coefficient (Wildman–Crippen LogP) is 5.50. The van der Waals surface area contributed by atoms with Gasteiger partial charge in [0.05, 0.1) is 12.0 Å². The van der Waals surface area contributed by atoms with E-state index in [1.165, 1.54) is 47.4 Å². The zero-order valence-electron chi connectivity index (χ0n) is 17.4. The van der Waals surface area contributed by atoms with Crippen molar-refractivity contribution in [3.05, 3.63) is 112 Å². The van der Waals surface area contributed by atoms with Gasteiger partial charge < -0.3 is 9.64 Å². The predicted molar refractivity (Wildman–Crippen MR) is 123 cm³/mol. The molecular weight excluding hydrogens is 411 g/mol. The Labute approximate surface area is 185 Å². The van der Waals surface area contributed by atoms with Gasteiger partial charge in [-0.15, -0.1) is 0 Å². The lowest BCUT2D eigenvalue weighted by molar-refractivity contribution is -0.384. The Morgan fingerprint density at radius 1 is 1.03 bits per heavy atom. The normalized spacial score (nSPS) is 11.1. The molecule has 0 aliphatic carbocycles. The third kappa shape index (κ3) is 5.89. The summed E-state index contributed by atoms with van der Waals surface area (Å²) in [5, 5.41) is 10.8. The molecule has 0 saturated carbocycles. The van der Waals surface area contributed by atoms with E-state index in [4.69, 9.17) is 4.74 Å². The molecule has 3 aromatic rings. The smallest absolute Gasteiger partial charge is 0.269 e. The van der Waals surface area contributed by atoms with Crippen molar-refractivity contribution in [2.24, 2.45) is 0 Å². The third-order valence-corrected chi connectivity index (χ3v) is 4.65. The lowest BCUT2D eigenvalue weighted by Crippen LogP contribution is -2.29. The minimum Gasteiger partial charge on any atom is -0.496 e. The van der Waals surface area contributed by atoms with E-state index in [-0.39, 0.29) is 18.1 Å². The summed E-state index contributed by atoms with van der Waals surface area (Å²) in [6.45, 7) is 0.243. The van der Waals surface area contributed by atoms with Crippen molar-refractivity contribution in [1.82, 2.24) is 0 Å². The maximum Gasteiger partial charge on any atom is 0.269 e. The molecule has 0 atom stereocenters. The van der Waals surface area contributed by atoms with Crippen molar-refractivity contribution in [2.75, 3.05) is 18.6 Å². The first kappa shape index (κ1) is 22.4. The fourth-order valence-corrected chi connectivity index (χ4v) is 3.00. The highest BCUT2D eigenvalue weighted by Gasteiger charge is 2.12. The fraction of sp³-hybridized carbons (Fsp3) is 0.0800. The summed E-state index contributed by atoms with van der Waals surface area (Å²) in [5.41, 5.74) is 2.02. The topological polar surface area (TPSA) is 72.7 Å². The summed E-state index contributed by atoms with van der Waals surface area (Å²) >= 11 is 0. The van der Waals surface area contributed by atoms with Crippen molar-refractivity contribution in [3.63, 3.8) is 0 Å². The molecule has 0 aliphatic heterocycles. The SMILES string of the molecule is COc1ccccc1/C=C/CN(C(=O)/C=C/c1ccc([N+](=O)[O-])cc1)c1ccc(F)cc1. The van der Waals surface area contributed by atoms with Gasteiger partial charge in [0, 0.05) is 36.0 Å². The van der Waals surface area contributed by atoms with E-state index in [9.17, 15) is 19.3 Å².